The maximum atomic E-state index is 2.73. The third kappa shape index (κ3) is 47.8. The molecule has 0 atom stereocenters. The van der Waals surface area contributed by atoms with Crippen molar-refractivity contribution in [3.63, 3.8) is 0 Å². The van der Waals surface area contributed by atoms with Crippen LogP contribution in [-0.4, -0.2) is 50.3 Å². The van der Waals surface area contributed by atoms with Crippen molar-refractivity contribution in [2.24, 2.45) is 0 Å². The van der Waals surface area contributed by atoms with Crippen LogP contribution < -0.4 is 24.8 Å². The Labute approximate surface area is 360 Å². The fraction of sp³-hybridized carbons (Fsp3) is 1.00. The van der Waals surface area contributed by atoms with E-state index < -0.39 is 14.5 Å². The van der Waals surface area contributed by atoms with E-state index in [0.717, 1.165) is 0 Å². The van der Waals surface area contributed by atoms with Gasteiger partial charge in [-0.1, -0.05) is 196 Å². The van der Waals surface area contributed by atoms with Gasteiger partial charge in [0, 0.05) is 27.9 Å². The Hall–Kier alpha value is 1.44. The molecule has 0 fully saturated rings. The molecule has 0 rings (SSSR count). The van der Waals surface area contributed by atoms with Gasteiger partial charge in [0.1, 0.15) is 0 Å². The van der Waals surface area contributed by atoms with Gasteiger partial charge in [-0.15, -0.1) is 0 Å². The van der Waals surface area contributed by atoms with E-state index >= 15 is 0 Å². The van der Waals surface area contributed by atoms with Gasteiger partial charge in [-0.3, -0.25) is 0 Å². The second-order valence-electron chi connectivity index (χ2n) is 18.2. The van der Waals surface area contributed by atoms with E-state index in [-0.39, 0.29) is 24.8 Å². The van der Waals surface area contributed by atoms with Crippen LogP contribution in [0.25, 0.3) is 0 Å². The second kappa shape index (κ2) is 50.6. The summed E-state index contributed by atoms with van der Waals surface area (Å²) < 4.78 is 0. The molecule has 0 spiro atoms. The summed E-state index contributed by atoms with van der Waals surface area (Å²) in [4.78, 5) is 0. The molecular weight excluding hydrogens is 733 g/mol. The van der Waals surface area contributed by atoms with E-state index in [4.69, 9.17) is 0 Å². The quantitative estimate of drug-likeness (QED) is 0.0424. The predicted molar refractivity (Wildman–Crippen MR) is 255 cm³/mol. The number of unbranched alkanes of at least 4 members (excludes halogenated alkanes) is 30. The Morgan fingerprint density at radius 1 is 0.185 bits per heavy atom. The highest BCUT2D eigenvalue weighted by Gasteiger charge is 2.30. The molecule has 0 aromatic heterocycles. The summed E-state index contributed by atoms with van der Waals surface area (Å²) >= 11 is 0. The molecule has 0 unspecified atom stereocenters. The summed E-state index contributed by atoms with van der Waals surface area (Å²) in [5, 5.41) is 0. The van der Waals surface area contributed by atoms with Crippen LogP contribution in [0, 0.1) is 0 Å². The zero-order chi connectivity index (χ0) is 38.7. The molecule has 0 N–H and O–H groups in total. The molecule has 0 heterocycles. The van der Waals surface area contributed by atoms with Crippen molar-refractivity contribution in [1.29, 1.82) is 0 Å². The highest BCUT2D eigenvalue weighted by Crippen LogP contribution is 2.58. The van der Waals surface area contributed by atoms with Crippen LogP contribution in [-0.2, 0) is 0 Å². The Kier molecular flexibility index (Phi) is 58.2. The second-order valence-corrected chi connectivity index (χ2v) is 27.3. The molecular formula is C50H108Cl2P2. The summed E-state index contributed by atoms with van der Waals surface area (Å²) in [6, 6.07) is 0. The number of rotatable bonds is 42. The average molecular weight is 842 g/mol. The zero-order valence-corrected chi connectivity index (χ0v) is 42.6. The molecule has 0 aliphatic carbocycles. The molecule has 0 aromatic rings. The van der Waals surface area contributed by atoms with Gasteiger partial charge >= 0.3 is 0 Å². The Morgan fingerprint density at radius 2 is 0.296 bits per heavy atom. The highest BCUT2D eigenvalue weighted by molar-refractivity contribution is 7.75. The lowest BCUT2D eigenvalue weighted by Gasteiger charge is -2.24. The van der Waals surface area contributed by atoms with Crippen molar-refractivity contribution in [1.82, 2.24) is 0 Å². The number of hydrogen-bond acceptors (Lipinski definition) is 0. The molecule has 0 bridgehead atoms. The fourth-order valence-electron chi connectivity index (χ4n) is 8.31. The first-order chi connectivity index (χ1) is 25.4. The van der Waals surface area contributed by atoms with E-state index in [0.29, 0.717) is 0 Å². The third-order valence-electron chi connectivity index (χ3n) is 12.3. The molecule has 332 valence electrons. The van der Waals surface area contributed by atoms with Gasteiger partial charge in [0.25, 0.3) is 0 Å². The summed E-state index contributed by atoms with van der Waals surface area (Å²) in [5.41, 5.74) is 0. The molecule has 4 heteroatoms. The Bertz CT molecular complexity index is 507. The first kappa shape index (κ1) is 62.1. The van der Waals surface area contributed by atoms with Crippen molar-refractivity contribution < 1.29 is 24.8 Å². The molecule has 54 heavy (non-hydrogen) atoms. The minimum absolute atomic E-state index is 0. The lowest BCUT2D eigenvalue weighted by molar-refractivity contribution is -0.00100. The van der Waals surface area contributed by atoms with Gasteiger partial charge in [-0.05, 0) is 77.0 Å². The van der Waals surface area contributed by atoms with Gasteiger partial charge in [-0.2, -0.15) is 0 Å². The summed E-state index contributed by atoms with van der Waals surface area (Å²) in [5.74, 6) is 0. The summed E-state index contributed by atoms with van der Waals surface area (Å²) in [7, 11) is -1.27. The van der Waals surface area contributed by atoms with Crippen LogP contribution in [0.15, 0.2) is 0 Å². The van der Waals surface area contributed by atoms with Crippen LogP contribution in [0.5, 0.6) is 0 Å². The molecule has 0 saturated carbocycles. The maximum Gasteiger partial charge on any atom is 0.0591 e. The lowest BCUT2D eigenvalue weighted by Crippen LogP contribution is -3.00. The lowest BCUT2D eigenvalue weighted by atomic mass is 10.1. The minimum atomic E-state index is -0.636. The maximum absolute atomic E-state index is 2.73. The van der Waals surface area contributed by atoms with Gasteiger partial charge in [0.15, 0.2) is 0 Å². The van der Waals surface area contributed by atoms with Crippen molar-refractivity contribution in [2.75, 3.05) is 50.3 Å². The van der Waals surface area contributed by atoms with Crippen molar-refractivity contribution in [2.45, 2.75) is 273 Å². The normalized spacial score (nSPS) is 11.6. The molecule has 0 nitrogen and oxygen atoms in total. The third-order valence-corrected chi connectivity index (χ3v) is 20.7. The standard InChI is InChI=1S/2C25H54P.2ClH/c2*1-5-8-11-14-17-20-23-26(4,24-21-18-15-12-9-6-2)25-22-19-16-13-10-7-3;;/h2*5-25H2,1-4H3;2*1H/q2*+1;;/p-2. The average Bonchev–Trinajstić information content (AvgIpc) is 3.14. The molecule has 0 aliphatic rings. The van der Waals surface area contributed by atoms with Crippen LogP contribution in [0.2, 0.25) is 0 Å². The predicted octanol–water partition coefficient (Wildman–Crippen LogP) is 13.4. The molecule has 0 saturated heterocycles. The molecule has 0 amide bonds. The minimum Gasteiger partial charge on any atom is -1.00 e. The first-order valence-electron chi connectivity index (χ1n) is 25.0. The Balaban J connectivity index is -0.000000446. The number of halogens is 2. The fourth-order valence-corrected chi connectivity index (χ4v) is 15.6. The van der Waals surface area contributed by atoms with Crippen LogP contribution in [0.1, 0.15) is 273 Å². The molecule has 0 aliphatic heterocycles. The topological polar surface area (TPSA) is 0 Å². The van der Waals surface area contributed by atoms with E-state index in [9.17, 15) is 0 Å². The largest absolute Gasteiger partial charge is 1.00 e. The van der Waals surface area contributed by atoms with Crippen LogP contribution in [0.3, 0.4) is 0 Å². The zero-order valence-electron chi connectivity index (χ0n) is 39.3. The van der Waals surface area contributed by atoms with Gasteiger partial charge in [0.05, 0.1) is 37.0 Å². The molecule has 0 aromatic carbocycles. The number of hydrogen-bond donors (Lipinski definition) is 0. The summed E-state index contributed by atoms with van der Waals surface area (Å²) in [6.45, 7) is 19.4. The van der Waals surface area contributed by atoms with Gasteiger partial charge in [0.2, 0.25) is 0 Å². The van der Waals surface area contributed by atoms with Crippen molar-refractivity contribution >= 4 is 14.5 Å². The summed E-state index contributed by atoms with van der Waals surface area (Å²) in [6.07, 6.45) is 62.5. The smallest absolute Gasteiger partial charge is 0.0591 e. The van der Waals surface area contributed by atoms with E-state index in [1.165, 1.54) is 231 Å². The van der Waals surface area contributed by atoms with Gasteiger partial charge in [-0.25, -0.2) is 0 Å². The monoisotopic (exact) mass is 841 g/mol. The van der Waals surface area contributed by atoms with Crippen molar-refractivity contribution in [3.8, 4) is 0 Å². The Morgan fingerprint density at radius 3 is 0.426 bits per heavy atom. The van der Waals surface area contributed by atoms with E-state index in [1.807, 2.05) is 0 Å². The highest BCUT2D eigenvalue weighted by atomic mass is 35.5. The van der Waals surface area contributed by atoms with Crippen molar-refractivity contribution in [3.05, 3.63) is 0 Å². The SMILES string of the molecule is CCCCCCCC[P+](C)(CCCCCCCC)CCCCCCCC.CCCCCCCC[P+](C)(CCCCCCCC)CCCCCCCC.[Cl-].[Cl-]. The molecule has 0 radical (unpaired) electrons. The van der Waals surface area contributed by atoms with E-state index in [2.05, 4.69) is 54.9 Å². The van der Waals surface area contributed by atoms with Gasteiger partial charge < -0.3 is 24.8 Å². The van der Waals surface area contributed by atoms with E-state index in [1.54, 1.807) is 37.0 Å². The van der Waals surface area contributed by atoms with Crippen LogP contribution >= 0.6 is 14.5 Å². The van der Waals surface area contributed by atoms with Crippen LogP contribution in [0.4, 0.5) is 0 Å². The first-order valence-corrected chi connectivity index (χ1v) is 30.6.